The van der Waals surface area contributed by atoms with E-state index in [9.17, 15) is 14.4 Å². The average molecular weight is 337 g/mol. The van der Waals surface area contributed by atoms with E-state index in [0.29, 0.717) is 5.56 Å². The summed E-state index contributed by atoms with van der Waals surface area (Å²) in [5.74, 6) is -1.39. The first kappa shape index (κ1) is 18.6. The fourth-order valence-corrected chi connectivity index (χ4v) is 2.62. The number of anilines is 1. The molecule has 4 nitrogen and oxygen atoms in total. The van der Waals surface area contributed by atoms with Crippen molar-refractivity contribution in [3.63, 3.8) is 0 Å². The first-order valence-electron chi connectivity index (χ1n) is 8.37. The monoisotopic (exact) mass is 337 g/mol. The topological polar surface area (TPSA) is 63.2 Å². The van der Waals surface area contributed by atoms with Crippen molar-refractivity contribution >= 4 is 23.2 Å². The Bertz CT molecular complexity index is 781. The SMILES string of the molecule is Cc1ccc(NC(=O)CCC(=O)[C@@H](C)C(=O)c2ccccc2)c(C)c1. The Kier molecular flexibility index (Phi) is 6.23. The van der Waals surface area contributed by atoms with Gasteiger partial charge in [-0.2, -0.15) is 0 Å². The van der Waals surface area contributed by atoms with Crippen molar-refractivity contribution < 1.29 is 14.4 Å². The number of benzene rings is 2. The molecule has 0 bridgehead atoms. The molecule has 2 aromatic carbocycles. The van der Waals surface area contributed by atoms with Crippen LogP contribution in [0.1, 0.15) is 41.3 Å². The number of ketones is 2. The molecular formula is C21H23NO3. The van der Waals surface area contributed by atoms with Crippen molar-refractivity contribution in [2.24, 2.45) is 5.92 Å². The molecule has 0 unspecified atom stereocenters. The zero-order valence-electron chi connectivity index (χ0n) is 14.8. The molecule has 130 valence electrons. The van der Waals surface area contributed by atoms with Crippen molar-refractivity contribution in [2.45, 2.75) is 33.6 Å². The minimum Gasteiger partial charge on any atom is -0.326 e. The van der Waals surface area contributed by atoms with Crippen molar-refractivity contribution in [1.29, 1.82) is 0 Å². The fourth-order valence-electron chi connectivity index (χ4n) is 2.62. The third kappa shape index (κ3) is 5.11. The Labute approximate surface area is 148 Å². The molecule has 0 spiro atoms. The van der Waals surface area contributed by atoms with Crippen LogP contribution in [0.15, 0.2) is 48.5 Å². The van der Waals surface area contributed by atoms with Gasteiger partial charge < -0.3 is 5.32 Å². The van der Waals surface area contributed by atoms with Gasteiger partial charge in [-0.3, -0.25) is 14.4 Å². The fraction of sp³-hybridized carbons (Fsp3) is 0.286. The molecule has 25 heavy (non-hydrogen) atoms. The van der Waals surface area contributed by atoms with Crippen LogP contribution in [0.4, 0.5) is 5.69 Å². The second-order valence-corrected chi connectivity index (χ2v) is 6.28. The van der Waals surface area contributed by atoms with Crippen LogP contribution in [0, 0.1) is 19.8 Å². The maximum absolute atomic E-state index is 12.3. The number of amides is 1. The van der Waals surface area contributed by atoms with E-state index in [1.807, 2.05) is 38.1 Å². The minimum absolute atomic E-state index is 0.0521. The minimum atomic E-state index is -0.740. The van der Waals surface area contributed by atoms with Gasteiger partial charge in [0.2, 0.25) is 5.91 Å². The lowest BCUT2D eigenvalue weighted by molar-refractivity contribution is -0.124. The summed E-state index contributed by atoms with van der Waals surface area (Å²) in [5.41, 5.74) is 3.37. The summed E-state index contributed by atoms with van der Waals surface area (Å²) < 4.78 is 0. The number of hydrogen-bond donors (Lipinski definition) is 1. The predicted octanol–water partition coefficient (Wildman–Crippen LogP) is 4.11. The molecule has 4 heteroatoms. The van der Waals surface area contributed by atoms with E-state index in [1.54, 1.807) is 31.2 Å². The van der Waals surface area contributed by atoms with Crippen LogP contribution >= 0.6 is 0 Å². The van der Waals surface area contributed by atoms with Gasteiger partial charge in [0.15, 0.2) is 5.78 Å². The summed E-state index contributed by atoms with van der Waals surface area (Å²) >= 11 is 0. The highest BCUT2D eigenvalue weighted by atomic mass is 16.2. The number of aryl methyl sites for hydroxylation is 2. The van der Waals surface area contributed by atoms with Crippen LogP contribution in [-0.4, -0.2) is 17.5 Å². The second kappa shape index (κ2) is 8.38. The summed E-state index contributed by atoms with van der Waals surface area (Å²) in [6, 6.07) is 14.5. The Hall–Kier alpha value is -2.75. The molecule has 0 radical (unpaired) electrons. The molecule has 0 fully saturated rings. The predicted molar refractivity (Wildman–Crippen MR) is 98.7 cm³/mol. The highest BCUT2D eigenvalue weighted by Crippen LogP contribution is 2.17. The van der Waals surface area contributed by atoms with Crippen LogP contribution in [0.5, 0.6) is 0 Å². The van der Waals surface area contributed by atoms with E-state index in [-0.39, 0.29) is 30.3 Å². The number of nitrogens with one attached hydrogen (secondary N) is 1. The third-order valence-corrected chi connectivity index (χ3v) is 4.19. The summed E-state index contributed by atoms with van der Waals surface area (Å²) in [7, 11) is 0. The van der Waals surface area contributed by atoms with E-state index in [2.05, 4.69) is 5.32 Å². The Balaban J connectivity index is 1.88. The van der Waals surface area contributed by atoms with E-state index in [0.717, 1.165) is 16.8 Å². The van der Waals surface area contributed by atoms with Gasteiger partial charge >= 0.3 is 0 Å². The molecule has 0 aliphatic carbocycles. The maximum Gasteiger partial charge on any atom is 0.224 e. The molecule has 0 aromatic heterocycles. The first-order chi connectivity index (χ1) is 11.9. The molecule has 0 aliphatic heterocycles. The molecule has 0 heterocycles. The van der Waals surface area contributed by atoms with E-state index in [1.165, 1.54) is 0 Å². The molecule has 2 aromatic rings. The second-order valence-electron chi connectivity index (χ2n) is 6.28. The molecule has 0 aliphatic rings. The van der Waals surface area contributed by atoms with Crippen LogP contribution < -0.4 is 5.32 Å². The lowest BCUT2D eigenvalue weighted by atomic mass is 9.93. The van der Waals surface area contributed by atoms with Crippen LogP contribution in [0.25, 0.3) is 0 Å². The number of rotatable bonds is 7. The number of Topliss-reactive ketones (excluding diaryl/α,β-unsaturated/α-hetero) is 2. The van der Waals surface area contributed by atoms with Crippen molar-refractivity contribution in [3.8, 4) is 0 Å². The highest BCUT2D eigenvalue weighted by molar-refractivity contribution is 6.11. The first-order valence-corrected chi connectivity index (χ1v) is 8.37. The van der Waals surface area contributed by atoms with Crippen molar-refractivity contribution in [2.75, 3.05) is 5.32 Å². The smallest absolute Gasteiger partial charge is 0.224 e. The van der Waals surface area contributed by atoms with Gasteiger partial charge in [0.25, 0.3) is 0 Å². The van der Waals surface area contributed by atoms with Gasteiger partial charge in [-0.15, -0.1) is 0 Å². The molecule has 1 amide bonds. The van der Waals surface area contributed by atoms with E-state index < -0.39 is 5.92 Å². The van der Waals surface area contributed by atoms with Crippen LogP contribution in [0.3, 0.4) is 0 Å². The van der Waals surface area contributed by atoms with E-state index >= 15 is 0 Å². The average Bonchev–Trinajstić information content (AvgIpc) is 2.61. The number of carbonyl (C=O) groups is 3. The van der Waals surface area contributed by atoms with Gasteiger partial charge in [-0.05, 0) is 32.4 Å². The van der Waals surface area contributed by atoms with Crippen molar-refractivity contribution in [3.05, 3.63) is 65.2 Å². The third-order valence-electron chi connectivity index (χ3n) is 4.19. The molecule has 0 saturated heterocycles. The number of carbonyl (C=O) groups excluding carboxylic acids is 3. The van der Waals surface area contributed by atoms with Gasteiger partial charge in [0, 0.05) is 24.1 Å². The summed E-state index contributed by atoms with van der Waals surface area (Å²) in [6.45, 7) is 5.51. The number of hydrogen-bond acceptors (Lipinski definition) is 3. The lowest BCUT2D eigenvalue weighted by Crippen LogP contribution is -2.23. The normalized spacial score (nSPS) is 11.6. The van der Waals surface area contributed by atoms with E-state index in [4.69, 9.17) is 0 Å². The zero-order valence-corrected chi connectivity index (χ0v) is 14.8. The quantitative estimate of drug-likeness (QED) is 0.611. The van der Waals surface area contributed by atoms with Gasteiger partial charge in [-0.25, -0.2) is 0 Å². The Morgan fingerprint density at radius 1 is 0.960 bits per heavy atom. The lowest BCUT2D eigenvalue weighted by Gasteiger charge is -2.11. The molecule has 0 saturated carbocycles. The Morgan fingerprint density at radius 2 is 1.64 bits per heavy atom. The molecule has 1 N–H and O–H groups in total. The van der Waals surface area contributed by atoms with Crippen molar-refractivity contribution in [1.82, 2.24) is 0 Å². The zero-order chi connectivity index (χ0) is 18.4. The molecule has 1 atom stereocenters. The highest BCUT2D eigenvalue weighted by Gasteiger charge is 2.22. The van der Waals surface area contributed by atoms with Gasteiger partial charge in [0.1, 0.15) is 5.78 Å². The summed E-state index contributed by atoms with van der Waals surface area (Å²) in [4.78, 5) is 36.6. The Morgan fingerprint density at radius 3 is 2.28 bits per heavy atom. The van der Waals surface area contributed by atoms with Crippen LogP contribution in [-0.2, 0) is 9.59 Å². The largest absolute Gasteiger partial charge is 0.326 e. The molecule has 2 rings (SSSR count). The van der Waals surface area contributed by atoms with Gasteiger partial charge in [-0.1, -0.05) is 48.0 Å². The molecular weight excluding hydrogens is 314 g/mol. The summed E-state index contributed by atoms with van der Waals surface area (Å²) in [5, 5.41) is 2.82. The maximum atomic E-state index is 12.3. The standard InChI is InChI=1S/C21H23NO3/c1-14-9-10-18(15(2)13-14)22-20(24)12-11-19(23)16(3)21(25)17-7-5-4-6-8-17/h4-10,13,16H,11-12H2,1-3H3,(H,22,24)/t16-/m1/s1. The van der Waals surface area contributed by atoms with Gasteiger partial charge in [0.05, 0.1) is 5.92 Å². The van der Waals surface area contributed by atoms with Crippen LogP contribution in [0.2, 0.25) is 0 Å². The summed E-state index contributed by atoms with van der Waals surface area (Å²) in [6.07, 6.45) is 0.120.